The molecule has 68 valence electrons. The van der Waals surface area contributed by atoms with Crippen LogP contribution >= 0.6 is 15.9 Å². The molecule has 0 saturated carbocycles. The monoisotopic (exact) mass is 249 g/mol. The van der Waals surface area contributed by atoms with Gasteiger partial charge < -0.3 is 5.73 Å². The predicted molar refractivity (Wildman–Crippen MR) is 61.4 cm³/mol. The van der Waals surface area contributed by atoms with Gasteiger partial charge in [-0.1, -0.05) is 39.6 Å². The van der Waals surface area contributed by atoms with Gasteiger partial charge in [0.25, 0.3) is 0 Å². The average Bonchev–Trinajstić information content (AvgIpc) is 2.14. The van der Waals surface area contributed by atoms with Crippen molar-refractivity contribution >= 4 is 45.7 Å². The molecule has 0 atom stereocenters. The van der Waals surface area contributed by atoms with Gasteiger partial charge in [0.05, 0.1) is 0 Å². The molecule has 1 nitrogen and oxygen atoms in total. The standard InChI is InChI=1S/C10H6BBrFN/c11-6-4-7(12)9-5(10(6)14)2-1-3-8(9)13/h1-4H,14H2. The summed E-state index contributed by atoms with van der Waals surface area (Å²) >= 11 is 3.26. The van der Waals surface area contributed by atoms with E-state index >= 15 is 0 Å². The third-order valence-corrected chi connectivity index (χ3v) is 2.76. The van der Waals surface area contributed by atoms with Crippen LogP contribution in [0, 0.1) is 5.82 Å². The first-order chi connectivity index (χ1) is 6.61. The van der Waals surface area contributed by atoms with Crippen LogP contribution in [0.25, 0.3) is 10.8 Å². The zero-order valence-corrected chi connectivity index (χ0v) is 8.81. The Labute approximate surface area is 90.6 Å². The molecule has 2 aromatic rings. The molecule has 4 heteroatoms. The maximum atomic E-state index is 13.4. The third kappa shape index (κ3) is 1.30. The lowest BCUT2D eigenvalue weighted by molar-refractivity contribution is 0.639. The average molecular weight is 250 g/mol. The van der Waals surface area contributed by atoms with Crippen molar-refractivity contribution in [2.24, 2.45) is 0 Å². The van der Waals surface area contributed by atoms with Crippen molar-refractivity contribution < 1.29 is 4.39 Å². The Bertz CT molecular complexity index is 513. The van der Waals surface area contributed by atoms with E-state index in [-0.39, 0.29) is 5.82 Å². The molecule has 0 fully saturated rings. The Hall–Kier alpha value is -1.03. The number of benzene rings is 2. The summed E-state index contributed by atoms with van der Waals surface area (Å²) in [5.74, 6) is -0.305. The number of rotatable bonds is 0. The van der Waals surface area contributed by atoms with Gasteiger partial charge in [-0.05, 0) is 6.07 Å². The van der Waals surface area contributed by atoms with E-state index in [1.54, 1.807) is 18.2 Å². The fourth-order valence-electron chi connectivity index (χ4n) is 1.43. The fraction of sp³-hybridized carbons (Fsp3) is 0. The highest BCUT2D eigenvalue weighted by Gasteiger charge is 2.08. The van der Waals surface area contributed by atoms with E-state index in [0.29, 0.717) is 26.4 Å². The molecular formula is C10H6BBrFN. The van der Waals surface area contributed by atoms with Gasteiger partial charge in [0, 0.05) is 20.9 Å². The molecule has 0 aliphatic rings. The molecule has 0 spiro atoms. The van der Waals surface area contributed by atoms with Crippen LogP contribution < -0.4 is 11.2 Å². The molecule has 0 aromatic heterocycles. The first kappa shape index (κ1) is 9.53. The van der Waals surface area contributed by atoms with Crippen molar-refractivity contribution in [3.05, 3.63) is 34.6 Å². The number of nitrogen functional groups attached to an aromatic ring is 1. The highest BCUT2D eigenvalue weighted by atomic mass is 79.9. The maximum absolute atomic E-state index is 13.4. The van der Waals surface area contributed by atoms with Crippen molar-refractivity contribution in [1.82, 2.24) is 0 Å². The number of anilines is 1. The highest BCUT2D eigenvalue weighted by molar-refractivity contribution is 9.10. The Kier molecular flexibility index (Phi) is 2.23. The molecule has 2 rings (SSSR count). The van der Waals surface area contributed by atoms with E-state index in [2.05, 4.69) is 15.9 Å². The van der Waals surface area contributed by atoms with Gasteiger partial charge in [0.1, 0.15) is 13.7 Å². The summed E-state index contributed by atoms with van der Waals surface area (Å²) in [6.45, 7) is 0. The van der Waals surface area contributed by atoms with Crippen molar-refractivity contribution in [1.29, 1.82) is 0 Å². The molecule has 2 aromatic carbocycles. The summed E-state index contributed by atoms with van der Waals surface area (Å²) in [6.07, 6.45) is 0. The van der Waals surface area contributed by atoms with Crippen LogP contribution in [0.2, 0.25) is 0 Å². The van der Waals surface area contributed by atoms with E-state index in [0.717, 1.165) is 0 Å². The molecule has 0 aliphatic carbocycles. The minimum Gasteiger partial charge on any atom is -0.399 e. The van der Waals surface area contributed by atoms with Crippen LogP contribution in [0.3, 0.4) is 0 Å². The number of fused-ring (bicyclic) bond motifs is 1. The summed E-state index contributed by atoms with van der Waals surface area (Å²) in [5.41, 5.74) is 6.62. The second-order valence-corrected chi connectivity index (χ2v) is 3.88. The summed E-state index contributed by atoms with van der Waals surface area (Å²) in [6, 6.07) is 6.36. The molecule has 0 heterocycles. The quantitative estimate of drug-likeness (QED) is 0.562. The zero-order valence-electron chi connectivity index (χ0n) is 7.22. The molecule has 0 unspecified atom stereocenters. The molecule has 0 saturated heterocycles. The first-order valence-corrected chi connectivity index (χ1v) is 4.82. The fourth-order valence-corrected chi connectivity index (χ4v) is 2.08. The van der Waals surface area contributed by atoms with Crippen molar-refractivity contribution in [3.8, 4) is 0 Å². The Balaban J connectivity index is 3.02. The second-order valence-electron chi connectivity index (χ2n) is 3.02. The lowest BCUT2D eigenvalue weighted by atomic mass is 9.91. The van der Waals surface area contributed by atoms with Crippen LogP contribution in [0.1, 0.15) is 0 Å². The van der Waals surface area contributed by atoms with E-state index in [4.69, 9.17) is 13.6 Å². The Morgan fingerprint density at radius 1 is 1.36 bits per heavy atom. The van der Waals surface area contributed by atoms with Crippen LogP contribution in [0.4, 0.5) is 10.1 Å². The van der Waals surface area contributed by atoms with Gasteiger partial charge in [-0.3, -0.25) is 0 Å². The summed E-state index contributed by atoms with van der Waals surface area (Å²) in [5, 5.41) is 1.11. The van der Waals surface area contributed by atoms with E-state index in [9.17, 15) is 4.39 Å². The lowest BCUT2D eigenvalue weighted by Gasteiger charge is -2.08. The molecule has 14 heavy (non-hydrogen) atoms. The molecule has 0 amide bonds. The minimum absolute atomic E-state index is 0.305. The lowest BCUT2D eigenvalue weighted by Crippen LogP contribution is -2.10. The van der Waals surface area contributed by atoms with E-state index in [1.165, 1.54) is 6.07 Å². The van der Waals surface area contributed by atoms with Crippen molar-refractivity contribution in [2.75, 3.05) is 5.73 Å². The van der Waals surface area contributed by atoms with Crippen molar-refractivity contribution in [3.63, 3.8) is 0 Å². The van der Waals surface area contributed by atoms with Gasteiger partial charge in [-0.2, -0.15) is 0 Å². The first-order valence-electron chi connectivity index (χ1n) is 4.03. The van der Waals surface area contributed by atoms with Gasteiger partial charge in [0.15, 0.2) is 0 Å². The maximum Gasteiger partial charge on any atom is 0.132 e. The third-order valence-electron chi connectivity index (χ3n) is 2.14. The van der Waals surface area contributed by atoms with Crippen molar-refractivity contribution in [2.45, 2.75) is 0 Å². The minimum atomic E-state index is -0.305. The Morgan fingerprint density at radius 3 is 2.79 bits per heavy atom. The van der Waals surface area contributed by atoms with Gasteiger partial charge in [0.2, 0.25) is 0 Å². The summed E-state index contributed by atoms with van der Waals surface area (Å²) in [4.78, 5) is 0. The number of nitrogens with two attached hydrogens (primary N) is 1. The molecule has 0 aliphatic heterocycles. The smallest absolute Gasteiger partial charge is 0.132 e. The number of halogens is 2. The number of hydrogen-bond acceptors (Lipinski definition) is 1. The molecule has 2 radical (unpaired) electrons. The predicted octanol–water partition coefficient (Wildman–Crippen LogP) is 2.12. The van der Waals surface area contributed by atoms with Crippen LogP contribution in [0.15, 0.2) is 28.7 Å². The van der Waals surface area contributed by atoms with Crippen LogP contribution in [-0.2, 0) is 0 Å². The second kappa shape index (κ2) is 3.28. The zero-order chi connectivity index (χ0) is 10.3. The van der Waals surface area contributed by atoms with Gasteiger partial charge in [-0.15, -0.1) is 0 Å². The summed E-state index contributed by atoms with van der Waals surface area (Å²) in [7, 11) is 5.66. The number of hydrogen-bond donors (Lipinski definition) is 1. The Morgan fingerprint density at radius 2 is 2.07 bits per heavy atom. The highest BCUT2D eigenvalue weighted by Crippen LogP contribution is 2.28. The van der Waals surface area contributed by atoms with Gasteiger partial charge >= 0.3 is 0 Å². The summed E-state index contributed by atoms with van der Waals surface area (Å²) < 4.78 is 14.1. The van der Waals surface area contributed by atoms with E-state index < -0.39 is 0 Å². The van der Waals surface area contributed by atoms with Crippen LogP contribution in [0.5, 0.6) is 0 Å². The molecule has 2 N–H and O–H groups in total. The molecule has 0 bridgehead atoms. The molecular weight excluding hydrogens is 244 g/mol. The topological polar surface area (TPSA) is 26.0 Å². The normalized spacial score (nSPS) is 10.7. The van der Waals surface area contributed by atoms with Crippen LogP contribution in [-0.4, -0.2) is 7.85 Å². The SMILES string of the molecule is [B]c1cc(Br)c2c(F)cccc2c1N. The largest absolute Gasteiger partial charge is 0.399 e. The van der Waals surface area contributed by atoms with Gasteiger partial charge in [-0.25, -0.2) is 4.39 Å². The van der Waals surface area contributed by atoms with E-state index in [1.807, 2.05) is 0 Å².